The molecule has 0 unspecified atom stereocenters. The number of piperazine rings is 1. The van der Waals surface area contributed by atoms with Crippen LogP contribution in [0.15, 0.2) is 48.9 Å². The van der Waals surface area contributed by atoms with Crippen LogP contribution in [0.3, 0.4) is 0 Å². The van der Waals surface area contributed by atoms with Crippen molar-refractivity contribution < 1.29 is 9.53 Å². The van der Waals surface area contributed by atoms with Gasteiger partial charge in [-0.1, -0.05) is 12.1 Å². The predicted molar refractivity (Wildman–Crippen MR) is 143 cm³/mol. The van der Waals surface area contributed by atoms with Gasteiger partial charge >= 0.3 is 0 Å². The van der Waals surface area contributed by atoms with Gasteiger partial charge in [-0.25, -0.2) is 4.98 Å². The summed E-state index contributed by atoms with van der Waals surface area (Å²) in [4.78, 5) is 22.1. The fourth-order valence-corrected chi connectivity index (χ4v) is 4.86. The van der Waals surface area contributed by atoms with E-state index < -0.39 is 0 Å². The summed E-state index contributed by atoms with van der Waals surface area (Å²) < 4.78 is 7.75. The maximum absolute atomic E-state index is 13.0. The first-order valence-electron chi connectivity index (χ1n) is 12.8. The summed E-state index contributed by atoms with van der Waals surface area (Å²) in [6, 6.07) is 10.3. The van der Waals surface area contributed by atoms with Gasteiger partial charge in [0.05, 0.1) is 11.8 Å². The number of nitrogens with one attached hydrogen (secondary N) is 2. The lowest BCUT2D eigenvalue weighted by atomic mass is 10.1. The first kappa shape index (κ1) is 25.2. The summed E-state index contributed by atoms with van der Waals surface area (Å²) in [7, 11) is 4.02. The highest BCUT2D eigenvalue weighted by Crippen LogP contribution is 2.22. The molecule has 1 amide bonds. The molecule has 196 valence electrons. The van der Waals surface area contributed by atoms with E-state index in [4.69, 9.17) is 10.5 Å². The molecule has 0 radical (unpaired) electrons. The fourth-order valence-electron chi connectivity index (χ4n) is 4.86. The molecule has 0 spiro atoms. The van der Waals surface area contributed by atoms with E-state index in [-0.39, 0.29) is 23.8 Å². The molecule has 37 heavy (non-hydrogen) atoms. The summed E-state index contributed by atoms with van der Waals surface area (Å²) >= 11 is 0. The summed E-state index contributed by atoms with van der Waals surface area (Å²) in [5.41, 5.74) is 9.39. The van der Waals surface area contributed by atoms with Crippen LogP contribution in [-0.4, -0.2) is 88.9 Å². The number of hydrogen-bond donors (Lipinski definition) is 3. The standard InChI is InChI=1S/C27H36N8O2/c1-33-7-9-35(10-8-33)16-19-3-5-24(6-4-19)37-18-23-12-22(15-29-23)32-27(36)25-11-20(13-30-26(25)28)21-14-31-34(2)17-21/h3-6,11,13-14,17,22-23,29H,7-10,12,15-16,18H2,1-2H3,(H2,28,30)(H,32,36)/t22-,23-/m0/s1. The van der Waals surface area contributed by atoms with Crippen LogP contribution in [0.5, 0.6) is 5.75 Å². The predicted octanol–water partition coefficient (Wildman–Crippen LogP) is 1.35. The maximum atomic E-state index is 13.0. The van der Waals surface area contributed by atoms with Crippen LogP contribution in [0, 0.1) is 0 Å². The topological polar surface area (TPSA) is 114 Å². The number of aromatic nitrogens is 3. The Kier molecular flexibility index (Phi) is 7.68. The lowest BCUT2D eigenvalue weighted by molar-refractivity contribution is 0.0940. The van der Waals surface area contributed by atoms with Crippen LogP contribution < -0.4 is 21.1 Å². The molecule has 4 heterocycles. The minimum absolute atomic E-state index is 0.00601. The summed E-state index contributed by atoms with van der Waals surface area (Å²) in [5, 5.41) is 10.7. The van der Waals surface area contributed by atoms with Crippen LogP contribution in [-0.2, 0) is 13.6 Å². The molecule has 2 aliphatic rings. The van der Waals surface area contributed by atoms with Crippen molar-refractivity contribution in [2.45, 2.75) is 25.0 Å². The number of likely N-dealkylation sites (N-methyl/N-ethyl adjacent to an activating group) is 1. The van der Waals surface area contributed by atoms with Crippen LogP contribution in [0.25, 0.3) is 11.1 Å². The number of anilines is 1. The second-order valence-corrected chi connectivity index (χ2v) is 10.1. The van der Waals surface area contributed by atoms with Gasteiger partial charge in [0.15, 0.2) is 0 Å². The van der Waals surface area contributed by atoms with Gasteiger partial charge in [-0.3, -0.25) is 14.4 Å². The lowest BCUT2D eigenvalue weighted by Gasteiger charge is -2.32. The highest BCUT2D eigenvalue weighted by atomic mass is 16.5. The Morgan fingerprint density at radius 2 is 1.92 bits per heavy atom. The first-order chi connectivity index (χ1) is 17.9. The number of rotatable bonds is 8. The first-order valence-corrected chi connectivity index (χ1v) is 12.8. The number of ether oxygens (including phenoxy) is 1. The van der Waals surface area contributed by atoms with Crippen molar-refractivity contribution in [2.24, 2.45) is 7.05 Å². The van der Waals surface area contributed by atoms with Crippen LogP contribution in [0.2, 0.25) is 0 Å². The van der Waals surface area contributed by atoms with E-state index in [1.165, 1.54) is 5.56 Å². The third kappa shape index (κ3) is 6.46. The molecule has 2 fully saturated rings. The third-order valence-corrected chi connectivity index (χ3v) is 7.14. The fraction of sp³-hybridized carbons (Fsp3) is 0.444. The molecule has 2 aromatic heterocycles. The molecule has 2 aliphatic heterocycles. The number of amides is 1. The number of nitrogens with two attached hydrogens (primary N) is 1. The molecular weight excluding hydrogens is 468 g/mol. The van der Waals surface area contributed by atoms with E-state index in [1.807, 2.05) is 25.4 Å². The van der Waals surface area contributed by atoms with Crippen molar-refractivity contribution in [3.8, 4) is 16.9 Å². The largest absolute Gasteiger partial charge is 0.492 e. The highest BCUT2D eigenvalue weighted by Gasteiger charge is 2.27. The molecule has 0 saturated carbocycles. The molecule has 10 nitrogen and oxygen atoms in total. The smallest absolute Gasteiger partial charge is 0.255 e. The van der Waals surface area contributed by atoms with E-state index in [9.17, 15) is 4.79 Å². The third-order valence-electron chi connectivity index (χ3n) is 7.14. The molecule has 10 heteroatoms. The number of nitrogens with zero attached hydrogens (tertiary/aromatic N) is 5. The average Bonchev–Trinajstić information content (AvgIpc) is 3.54. The number of carbonyl (C=O) groups excluding carboxylic acids is 1. The van der Waals surface area contributed by atoms with Crippen molar-refractivity contribution in [1.29, 1.82) is 0 Å². The number of aryl methyl sites for hydroxylation is 1. The maximum Gasteiger partial charge on any atom is 0.255 e. The van der Waals surface area contributed by atoms with Gasteiger partial charge in [0.1, 0.15) is 18.2 Å². The Bertz CT molecular complexity index is 1200. The van der Waals surface area contributed by atoms with Crippen molar-refractivity contribution >= 4 is 11.7 Å². The zero-order chi connectivity index (χ0) is 25.8. The molecule has 4 N–H and O–H groups in total. The van der Waals surface area contributed by atoms with E-state index in [0.29, 0.717) is 18.7 Å². The van der Waals surface area contributed by atoms with Crippen molar-refractivity contribution in [1.82, 2.24) is 35.2 Å². The second-order valence-electron chi connectivity index (χ2n) is 10.1. The Labute approximate surface area is 217 Å². The number of nitrogen functional groups attached to an aromatic ring is 1. The Hall–Kier alpha value is -3.47. The number of pyridine rings is 1. The van der Waals surface area contributed by atoms with Gasteiger partial charge in [-0.15, -0.1) is 0 Å². The minimum Gasteiger partial charge on any atom is -0.492 e. The molecular formula is C27H36N8O2. The van der Waals surface area contributed by atoms with E-state index in [1.54, 1.807) is 23.1 Å². The lowest BCUT2D eigenvalue weighted by Crippen LogP contribution is -2.43. The van der Waals surface area contributed by atoms with Gasteiger partial charge in [-0.2, -0.15) is 5.10 Å². The zero-order valence-corrected chi connectivity index (χ0v) is 21.6. The van der Waals surface area contributed by atoms with Gasteiger partial charge in [0.25, 0.3) is 5.91 Å². The van der Waals surface area contributed by atoms with Crippen molar-refractivity contribution in [2.75, 3.05) is 52.1 Å². The van der Waals surface area contributed by atoms with Gasteiger partial charge in [0.2, 0.25) is 0 Å². The molecule has 2 atom stereocenters. The number of carbonyl (C=O) groups is 1. The Morgan fingerprint density at radius 1 is 1.14 bits per heavy atom. The van der Waals surface area contributed by atoms with Gasteiger partial charge < -0.3 is 26.0 Å². The monoisotopic (exact) mass is 504 g/mol. The second kappa shape index (κ2) is 11.3. The molecule has 5 rings (SSSR count). The summed E-state index contributed by atoms with van der Waals surface area (Å²) in [6.07, 6.45) is 6.05. The Balaban J connectivity index is 1.09. The minimum atomic E-state index is -0.222. The van der Waals surface area contributed by atoms with Crippen LogP contribution in [0.4, 0.5) is 5.82 Å². The normalized spacial score (nSPS) is 20.7. The number of benzene rings is 1. The van der Waals surface area contributed by atoms with E-state index >= 15 is 0 Å². The zero-order valence-electron chi connectivity index (χ0n) is 21.6. The highest BCUT2D eigenvalue weighted by molar-refractivity contribution is 5.99. The van der Waals surface area contributed by atoms with Crippen LogP contribution in [0.1, 0.15) is 22.3 Å². The summed E-state index contributed by atoms with van der Waals surface area (Å²) in [5.74, 6) is 0.856. The van der Waals surface area contributed by atoms with Crippen molar-refractivity contribution in [3.63, 3.8) is 0 Å². The molecule has 2 saturated heterocycles. The number of hydrogen-bond acceptors (Lipinski definition) is 8. The van der Waals surface area contributed by atoms with Crippen LogP contribution >= 0.6 is 0 Å². The quantitative estimate of drug-likeness (QED) is 0.421. The van der Waals surface area contributed by atoms with E-state index in [2.05, 4.69) is 49.7 Å². The Morgan fingerprint density at radius 3 is 2.65 bits per heavy atom. The van der Waals surface area contributed by atoms with Gasteiger partial charge in [-0.05, 0) is 37.2 Å². The molecule has 3 aromatic rings. The molecule has 0 aliphatic carbocycles. The molecule has 0 bridgehead atoms. The van der Waals surface area contributed by atoms with Gasteiger partial charge in [0, 0.05) is 81.9 Å². The SMILES string of the molecule is CN1CCN(Cc2ccc(OC[C@@H]3C[C@H](NC(=O)c4cc(-c5cnn(C)c5)cnc4N)CN3)cc2)CC1. The summed E-state index contributed by atoms with van der Waals surface area (Å²) in [6.45, 7) is 6.67. The van der Waals surface area contributed by atoms with Crippen molar-refractivity contribution in [3.05, 3.63) is 60.0 Å². The molecule has 1 aromatic carbocycles. The average molecular weight is 505 g/mol. The van der Waals surface area contributed by atoms with E-state index in [0.717, 1.165) is 56.0 Å².